The number of H-pyrrole nitrogens is 1. The zero-order valence-corrected chi connectivity index (χ0v) is 19.2. The molecule has 3 N–H and O–H groups in total. The molecule has 2 heterocycles. The maximum Gasteiger partial charge on any atom is 0.253 e. The van der Waals surface area contributed by atoms with E-state index in [2.05, 4.69) is 14.9 Å². The van der Waals surface area contributed by atoms with Crippen LogP contribution in [0.25, 0.3) is 22.4 Å². The van der Waals surface area contributed by atoms with E-state index in [1.54, 1.807) is 30.3 Å². The van der Waals surface area contributed by atoms with Crippen molar-refractivity contribution in [3.05, 3.63) is 65.2 Å². The lowest BCUT2D eigenvalue weighted by Crippen LogP contribution is -2.48. The molecule has 0 aliphatic carbocycles. The van der Waals surface area contributed by atoms with Crippen molar-refractivity contribution < 1.29 is 19.7 Å². The lowest BCUT2D eigenvalue weighted by atomic mass is 10.1. The number of phenolic OH excluding ortho intramolecular Hbond substituents is 2. The minimum Gasteiger partial charge on any atom is -0.504 e. The van der Waals surface area contributed by atoms with Crippen LogP contribution in [-0.2, 0) is 0 Å². The molecule has 0 bridgehead atoms. The zero-order chi connectivity index (χ0) is 23.8. The van der Waals surface area contributed by atoms with Gasteiger partial charge in [-0.1, -0.05) is 11.6 Å². The first-order valence-electron chi connectivity index (χ1n) is 10.8. The van der Waals surface area contributed by atoms with Crippen LogP contribution in [0.1, 0.15) is 10.4 Å². The number of aromatic nitrogens is 2. The van der Waals surface area contributed by atoms with Crippen molar-refractivity contribution in [2.45, 2.75) is 0 Å². The number of rotatable bonds is 4. The van der Waals surface area contributed by atoms with E-state index in [1.807, 2.05) is 23.1 Å². The van der Waals surface area contributed by atoms with Crippen LogP contribution in [0.15, 0.2) is 54.6 Å². The van der Waals surface area contributed by atoms with Gasteiger partial charge in [-0.3, -0.25) is 4.79 Å². The van der Waals surface area contributed by atoms with Crippen LogP contribution >= 0.6 is 11.6 Å². The number of imidazole rings is 1. The minimum absolute atomic E-state index is 0.0105. The molecule has 0 spiro atoms. The summed E-state index contributed by atoms with van der Waals surface area (Å²) in [6.07, 6.45) is 0. The van der Waals surface area contributed by atoms with E-state index in [4.69, 9.17) is 16.3 Å². The third-order valence-electron chi connectivity index (χ3n) is 6.04. The highest BCUT2D eigenvalue weighted by Crippen LogP contribution is 2.39. The molecule has 8 nitrogen and oxygen atoms in total. The number of aromatic amines is 1. The Morgan fingerprint density at radius 1 is 1.03 bits per heavy atom. The van der Waals surface area contributed by atoms with Gasteiger partial charge in [0.05, 0.1) is 18.1 Å². The number of nitrogens with one attached hydrogen (secondary N) is 1. The van der Waals surface area contributed by atoms with E-state index in [0.29, 0.717) is 48.2 Å². The van der Waals surface area contributed by atoms with E-state index in [1.165, 1.54) is 13.2 Å². The molecule has 1 amide bonds. The standard InChI is InChI=1S/C25H23ClN4O4/c1-34-22-13-16(12-21(31)23(22)32)24-27-19-7-6-18(14-20(19)28-24)29-8-10-30(11-9-29)25(33)15-2-4-17(26)5-3-15/h2-7,12-14,31-32H,8-11H2,1H3,(H,27,28). The Balaban J connectivity index is 1.32. The number of benzene rings is 3. The molecule has 1 aliphatic heterocycles. The highest BCUT2D eigenvalue weighted by atomic mass is 35.5. The summed E-state index contributed by atoms with van der Waals surface area (Å²) in [5, 5.41) is 20.5. The molecule has 1 fully saturated rings. The second-order valence-electron chi connectivity index (χ2n) is 8.12. The van der Waals surface area contributed by atoms with Gasteiger partial charge in [-0.2, -0.15) is 0 Å². The number of halogens is 1. The Labute approximate surface area is 201 Å². The van der Waals surface area contributed by atoms with E-state index in [-0.39, 0.29) is 23.2 Å². The van der Waals surface area contributed by atoms with Gasteiger partial charge in [-0.05, 0) is 54.6 Å². The Morgan fingerprint density at radius 3 is 2.47 bits per heavy atom. The van der Waals surface area contributed by atoms with Crippen LogP contribution < -0.4 is 9.64 Å². The smallest absolute Gasteiger partial charge is 0.253 e. The van der Waals surface area contributed by atoms with Crippen molar-refractivity contribution in [3.63, 3.8) is 0 Å². The summed E-state index contributed by atoms with van der Waals surface area (Å²) in [6, 6.07) is 16.0. The molecule has 1 saturated heterocycles. The van der Waals surface area contributed by atoms with Crippen LogP contribution in [0.4, 0.5) is 5.69 Å². The molecular formula is C25H23ClN4O4. The first-order chi connectivity index (χ1) is 16.4. The van der Waals surface area contributed by atoms with Crippen LogP contribution in [0.3, 0.4) is 0 Å². The normalized spacial score (nSPS) is 13.9. The van der Waals surface area contributed by atoms with Gasteiger partial charge in [0.1, 0.15) is 5.82 Å². The van der Waals surface area contributed by atoms with Crippen molar-refractivity contribution in [2.24, 2.45) is 0 Å². The van der Waals surface area contributed by atoms with Crippen molar-refractivity contribution in [2.75, 3.05) is 38.2 Å². The molecule has 9 heteroatoms. The van der Waals surface area contributed by atoms with Gasteiger partial charge in [0.15, 0.2) is 11.5 Å². The van der Waals surface area contributed by atoms with Gasteiger partial charge in [-0.15, -0.1) is 0 Å². The average molecular weight is 479 g/mol. The van der Waals surface area contributed by atoms with Crippen LogP contribution in [-0.4, -0.2) is 64.3 Å². The summed E-state index contributed by atoms with van der Waals surface area (Å²) in [7, 11) is 1.42. The van der Waals surface area contributed by atoms with E-state index < -0.39 is 0 Å². The number of aromatic hydroxyl groups is 2. The van der Waals surface area contributed by atoms with Gasteiger partial charge >= 0.3 is 0 Å². The fraction of sp³-hybridized carbons (Fsp3) is 0.200. The molecular weight excluding hydrogens is 456 g/mol. The van der Waals surface area contributed by atoms with E-state index in [0.717, 1.165) is 16.7 Å². The van der Waals surface area contributed by atoms with Gasteiger partial charge in [0, 0.05) is 48.0 Å². The minimum atomic E-state index is -0.307. The van der Waals surface area contributed by atoms with Crippen molar-refractivity contribution in [3.8, 4) is 28.6 Å². The average Bonchev–Trinajstić information content (AvgIpc) is 3.29. The number of amides is 1. The van der Waals surface area contributed by atoms with Crippen molar-refractivity contribution >= 4 is 34.2 Å². The van der Waals surface area contributed by atoms with Gasteiger partial charge in [0.2, 0.25) is 5.75 Å². The van der Waals surface area contributed by atoms with Crippen molar-refractivity contribution in [1.29, 1.82) is 0 Å². The summed E-state index contributed by atoms with van der Waals surface area (Å²) in [5.41, 5.74) is 3.88. The zero-order valence-electron chi connectivity index (χ0n) is 18.5. The number of hydrogen-bond acceptors (Lipinski definition) is 6. The van der Waals surface area contributed by atoms with Crippen LogP contribution in [0.5, 0.6) is 17.2 Å². The maximum absolute atomic E-state index is 12.8. The first-order valence-corrected chi connectivity index (χ1v) is 11.2. The number of phenols is 2. The Hall–Kier alpha value is -3.91. The van der Waals surface area contributed by atoms with Gasteiger partial charge in [-0.25, -0.2) is 4.98 Å². The van der Waals surface area contributed by atoms with Gasteiger partial charge in [0.25, 0.3) is 5.91 Å². The lowest BCUT2D eigenvalue weighted by Gasteiger charge is -2.36. The summed E-state index contributed by atoms with van der Waals surface area (Å²) >= 11 is 5.93. The first kappa shape index (κ1) is 21.9. The molecule has 5 rings (SSSR count). The summed E-state index contributed by atoms with van der Waals surface area (Å²) < 4.78 is 5.13. The predicted octanol–water partition coefficient (Wildman–Crippen LogP) is 4.27. The Morgan fingerprint density at radius 2 is 1.76 bits per heavy atom. The summed E-state index contributed by atoms with van der Waals surface area (Å²) in [4.78, 5) is 24.8. The second kappa shape index (κ2) is 8.79. The largest absolute Gasteiger partial charge is 0.504 e. The second-order valence-corrected chi connectivity index (χ2v) is 8.56. The van der Waals surface area contributed by atoms with Crippen LogP contribution in [0.2, 0.25) is 5.02 Å². The monoisotopic (exact) mass is 478 g/mol. The number of methoxy groups -OCH3 is 1. The summed E-state index contributed by atoms with van der Waals surface area (Å²) in [6.45, 7) is 2.67. The third kappa shape index (κ3) is 4.08. The fourth-order valence-corrected chi connectivity index (χ4v) is 4.28. The number of piperazine rings is 1. The molecule has 3 aromatic carbocycles. The van der Waals surface area contributed by atoms with Crippen molar-refractivity contribution in [1.82, 2.24) is 14.9 Å². The number of nitrogens with zero attached hydrogens (tertiary/aromatic N) is 3. The molecule has 34 heavy (non-hydrogen) atoms. The topological polar surface area (TPSA) is 102 Å². The number of carbonyl (C=O) groups excluding carboxylic acids is 1. The maximum atomic E-state index is 12.8. The third-order valence-corrected chi connectivity index (χ3v) is 6.29. The van der Waals surface area contributed by atoms with E-state index in [9.17, 15) is 15.0 Å². The number of fused-ring (bicyclic) bond motifs is 1. The number of ether oxygens (including phenoxy) is 1. The lowest BCUT2D eigenvalue weighted by molar-refractivity contribution is 0.0747. The number of anilines is 1. The quantitative estimate of drug-likeness (QED) is 0.379. The predicted molar refractivity (Wildman–Crippen MR) is 131 cm³/mol. The number of hydrogen-bond donors (Lipinski definition) is 3. The van der Waals surface area contributed by atoms with Gasteiger partial charge < -0.3 is 29.7 Å². The highest BCUT2D eigenvalue weighted by Gasteiger charge is 2.23. The molecule has 4 aromatic rings. The van der Waals surface area contributed by atoms with E-state index >= 15 is 0 Å². The molecule has 0 saturated carbocycles. The molecule has 0 radical (unpaired) electrons. The Kier molecular flexibility index (Phi) is 5.67. The molecule has 0 unspecified atom stereocenters. The molecule has 1 aromatic heterocycles. The highest BCUT2D eigenvalue weighted by molar-refractivity contribution is 6.30. The van der Waals surface area contributed by atoms with Crippen LogP contribution in [0, 0.1) is 0 Å². The SMILES string of the molecule is COc1cc(-c2nc3cc(N4CCN(C(=O)c5ccc(Cl)cc5)CC4)ccc3[nH]2)cc(O)c1O. The molecule has 1 aliphatic rings. The molecule has 174 valence electrons. The fourth-order valence-electron chi connectivity index (χ4n) is 4.16. The number of carbonyl (C=O) groups is 1. The Bertz CT molecular complexity index is 1360. The summed E-state index contributed by atoms with van der Waals surface area (Å²) in [5.74, 6) is 0.150. The molecule has 0 atom stereocenters.